The van der Waals surface area contributed by atoms with Crippen molar-refractivity contribution in [1.29, 1.82) is 5.26 Å². The molecule has 1 rings (SSSR count). The van der Waals surface area contributed by atoms with Crippen LogP contribution in [0.15, 0.2) is 0 Å². The molecule has 1 fully saturated rings. The van der Waals surface area contributed by atoms with Gasteiger partial charge in [-0.2, -0.15) is 5.26 Å². The summed E-state index contributed by atoms with van der Waals surface area (Å²) in [4.78, 5) is 0. The Hall–Kier alpha value is -0.0700. The molecule has 1 aliphatic carbocycles. The van der Waals surface area contributed by atoms with Crippen molar-refractivity contribution in [1.82, 2.24) is 0 Å². The molecule has 0 saturated heterocycles. The molecule has 0 aromatic heterocycles. The first-order valence-electron chi connectivity index (χ1n) is 3.96. The molecule has 1 saturated carbocycles. The van der Waals surface area contributed by atoms with Crippen molar-refractivity contribution in [3.05, 3.63) is 0 Å². The summed E-state index contributed by atoms with van der Waals surface area (Å²) in [5, 5.41) is 8.57. The molecule has 11 heavy (non-hydrogen) atoms. The highest BCUT2D eigenvalue weighted by atomic mass is 79.9. The van der Waals surface area contributed by atoms with E-state index in [1.807, 2.05) is 0 Å². The van der Waals surface area contributed by atoms with Crippen LogP contribution in [0.3, 0.4) is 0 Å². The molecule has 0 unspecified atom stereocenters. The summed E-state index contributed by atoms with van der Waals surface area (Å²) in [6, 6.07) is 2.31. The van der Waals surface area contributed by atoms with E-state index in [-0.39, 0.29) is 17.0 Å². The first-order chi connectivity index (χ1) is 4.86. The van der Waals surface area contributed by atoms with Gasteiger partial charge in [0.15, 0.2) is 0 Å². The zero-order valence-electron chi connectivity index (χ0n) is 6.62. The van der Waals surface area contributed by atoms with Crippen LogP contribution in [0.1, 0.15) is 25.7 Å². The Kier molecular flexibility index (Phi) is 5.53. The van der Waals surface area contributed by atoms with Crippen molar-refractivity contribution < 1.29 is 0 Å². The van der Waals surface area contributed by atoms with Crippen molar-refractivity contribution in [3.63, 3.8) is 0 Å². The van der Waals surface area contributed by atoms with Crippen LogP contribution in [0.2, 0.25) is 0 Å². The van der Waals surface area contributed by atoms with Crippen LogP contribution in [0, 0.1) is 23.2 Å². The fourth-order valence-corrected chi connectivity index (χ4v) is 1.53. The van der Waals surface area contributed by atoms with Gasteiger partial charge in [-0.05, 0) is 38.1 Å². The number of hydrogen-bond acceptors (Lipinski definition) is 2. The lowest BCUT2D eigenvalue weighted by atomic mass is 9.83. The zero-order valence-corrected chi connectivity index (χ0v) is 8.34. The molecular weight excluding hydrogens is 204 g/mol. The maximum atomic E-state index is 8.57. The highest BCUT2D eigenvalue weighted by molar-refractivity contribution is 8.93. The molecule has 1 aliphatic rings. The van der Waals surface area contributed by atoms with Crippen molar-refractivity contribution in [3.8, 4) is 6.07 Å². The quantitative estimate of drug-likeness (QED) is 0.731. The monoisotopic (exact) mass is 218 g/mol. The Labute approximate surface area is 78.5 Å². The van der Waals surface area contributed by atoms with Crippen LogP contribution in [-0.2, 0) is 0 Å². The molecule has 2 nitrogen and oxygen atoms in total. The second kappa shape index (κ2) is 5.56. The lowest BCUT2D eigenvalue weighted by Gasteiger charge is -2.22. The van der Waals surface area contributed by atoms with Gasteiger partial charge in [0, 0.05) is 5.92 Å². The van der Waals surface area contributed by atoms with Gasteiger partial charge in [0.2, 0.25) is 0 Å². The predicted molar refractivity (Wildman–Crippen MR) is 50.4 cm³/mol. The van der Waals surface area contributed by atoms with Crippen molar-refractivity contribution in [2.24, 2.45) is 17.6 Å². The van der Waals surface area contributed by atoms with E-state index >= 15 is 0 Å². The summed E-state index contributed by atoms with van der Waals surface area (Å²) in [6.07, 6.45) is 4.46. The average molecular weight is 219 g/mol. The fourth-order valence-electron chi connectivity index (χ4n) is 1.53. The third-order valence-electron chi connectivity index (χ3n) is 2.36. The van der Waals surface area contributed by atoms with E-state index in [1.54, 1.807) is 0 Å². The maximum absolute atomic E-state index is 8.57. The number of nitriles is 1. The Balaban J connectivity index is 0.000001000. The van der Waals surface area contributed by atoms with Gasteiger partial charge in [-0.3, -0.25) is 0 Å². The summed E-state index contributed by atoms with van der Waals surface area (Å²) in [5.41, 5.74) is 5.51. The first kappa shape index (κ1) is 10.9. The van der Waals surface area contributed by atoms with Gasteiger partial charge in [-0.25, -0.2) is 0 Å². The summed E-state index contributed by atoms with van der Waals surface area (Å²) in [6.45, 7) is 0.804. The second-order valence-electron chi connectivity index (χ2n) is 3.08. The lowest BCUT2D eigenvalue weighted by molar-refractivity contribution is 0.321. The van der Waals surface area contributed by atoms with Crippen LogP contribution in [0.5, 0.6) is 0 Å². The minimum atomic E-state index is 0. The van der Waals surface area contributed by atoms with Crippen molar-refractivity contribution >= 4 is 17.0 Å². The van der Waals surface area contributed by atoms with E-state index in [1.165, 1.54) is 0 Å². The van der Waals surface area contributed by atoms with Gasteiger partial charge in [0.05, 0.1) is 6.07 Å². The molecule has 0 radical (unpaired) electrons. The molecule has 0 bridgehead atoms. The van der Waals surface area contributed by atoms with E-state index in [0.29, 0.717) is 11.8 Å². The zero-order chi connectivity index (χ0) is 7.40. The van der Waals surface area contributed by atoms with Crippen LogP contribution in [0.25, 0.3) is 0 Å². The van der Waals surface area contributed by atoms with Crippen LogP contribution in [-0.4, -0.2) is 6.54 Å². The summed E-state index contributed by atoms with van der Waals surface area (Å²) >= 11 is 0. The average Bonchev–Trinajstić information content (AvgIpc) is 2.05. The lowest BCUT2D eigenvalue weighted by Crippen LogP contribution is -2.20. The number of rotatable bonds is 1. The minimum Gasteiger partial charge on any atom is -0.330 e. The van der Waals surface area contributed by atoms with E-state index in [2.05, 4.69) is 6.07 Å². The molecular formula is C8H15BrN2. The highest BCUT2D eigenvalue weighted by Gasteiger charge is 2.18. The maximum Gasteiger partial charge on any atom is 0.0655 e. The van der Waals surface area contributed by atoms with Gasteiger partial charge in [0.25, 0.3) is 0 Å². The molecule has 0 atom stereocenters. The third kappa shape index (κ3) is 3.22. The Morgan fingerprint density at radius 3 is 2.18 bits per heavy atom. The molecule has 0 amide bonds. The van der Waals surface area contributed by atoms with Gasteiger partial charge >= 0.3 is 0 Å². The van der Waals surface area contributed by atoms with Crippen LogP contribution >= 0.6 is 17.0 Å². The Bertz CT molecular complexity index is 134. The van der Waals surface area contributed by atoms with Gasteiger partial charge in [-0.1, -0.05) is 0 Å². The van der Waals surface area contributed by atoms with Gasteiger partial charge in [0.1, 0.15) is 0 Å². The van der Waals surface area contributed by atoms with E-state index in [4.69, 9.17) is 11.0 Å². The standard InChI is InChI=1S/C8H14N2.BrH/c9-5-7-1-2-8(6-10)4-3-7;/h7-8H,1-5,9H2;1H/t7-,8-;. The van der Waals surface area contributed by atoms with E-state index in [0.717, 1.165) is 32.2 Å². The van der Waals surface area contributed by atoms with Gasteiger partial charge in [-0.15, -0.1) is 17.0 Å². The van der Waals surface area contributed by atoms with E-state index < -0.39 is 0 Å². The van der Waals surface area contributed by atoms with Crippen LogP contribution < -0.4 is 5.73 Å². The minimum absolute atomic E-state index is 0. The fraction of sp³-hybridized carbons (Fsp3) is 0.875. The molecule has 0 aromatic carbocycles. The van der Waals surface area contributed by atoms with Crippen LogP contribution in [0.4, 0.5) is 0 Å². The smallest absolute Gasteiger partial charge is 0.0655 e. The molecule has 0 aromatic rings. The SMILES string of the molecule is Br.N#C[C@H]1CC[C@H](CN)CC1. The van der Waals surface area contributed by atoms with Gasteiger partial charge < -0.3 is 5.73 Å². The molecule has 3 heteroatoms. The number of halogens is 1. The summed E-state index contributed by atoms with van der Waals surface area (Å²) < 4.78 is 0. The molecule has 64 valence electrons. The van der Waals surface area contributed by atoms with Crippen molar-refractivity contribution in [2.45, 2.75) is 25.7 Å². The first-order valence-corrected chi connectivity index (χ1v) is 3.96. The normalized spacial score (nSPS) is 30.2. The topological polar surface area (TPSA) is 49.8 Å². The van der Waals surface area contributed by atoms with Crippen molar-refractivity contribution in [2.75, 3.05) is 6.54 Å². The number of nitrogens with two attached hydrogens (primary N) is 1. The van der Waals surface area contributed by atoms with E-state index in [9.17, 15) is 0 Å². The second-order valence-corrected chi connectivity index (χ2v) is 3.08. The number of hydrogen-bond donors (Lipinski definition) is 1. The molecule has 2 N–H and O–H groups in total. The Morgan fingerprint density at radius 1 is 1.27 bits per heavy atom. The molecule has 0 spiro atoms. The largest absolute Gasteiger partial charge is 0.330 e. The summed E-state index contributed by atoms with van der Waals surface area (Å²) in [7, 11) is 0. The molecule has 0 aliphatic heterocycles. The predicted octanol–water partition coefficient (Wildman–Crippen LogP) is 1.85. The Morgan fingerprint density at radius 2 is 1.82 bits per heavy atom. The summed E-state index contributed by atoms with van der Waals surface area (Å²) in [5.74, 6) is 1.02. The molecule has 0 heterocycles. The number of nitrogens with zero attached hydrogens (tertiary/aromatic N) is 1. The third-order valence-corrected chi connectivity index (χ3v) is 2.36. The highest BCUT2D eigenvalue weighted by Crippen LogP contribution is 2.27.